The number of nitrogens with zero attached hydrogens (tertiary/aromatic N) is 3. The molecule has 2 aromatic heterocycles. The molecule has 7 heteroatoms. The van der Waals surface area contributed by atoms with Crippen LogP contribution in [0.1, 0.15) is 30.1 Å². The molecule has 0 aromatic carbocycles. The van der Waals surface area contributed by atoms with Crippen LogP contribution in [0.2, 0.25) is 0 Å². The number of nitrogens with one attached hydrogen (secondary N) is 2. The third-order valence-corrected chi connectivity index (χ3v) is 4.45. The maximum atomic E-state index is 11.5. The molecular formula is C18H21N5OS. The van der Waals surface area contributed by atoms with Gasteiger partial charge in [-0.3, -0.25) is 9.78 Å². The van der Waals surface area contributed by atoms with Gasteiger partial charge in [-0.25, -0.2) is 4.98 Å². The summed E-state index contributed by atoms with van der Waals surface area (Å²) >= 11 is 5.37. The van der Waals surface area contributed by atoms with E-state index in [1.165, 1.54) is 0 Å². The van der Waals surface area contributed by atoms with Crippen molar-refractivity contribution in [3.8, 4) is 0 Å². The topological polar surface area (TPSA) is 70.2 Å². The number of anilines is 2. The van der Waals surface area contributed by atoms with Gasteiger partial charge < -0.3 is 15.5 Å². The number of aromatic nitrogens is 2. The van der Waals surface area contributed by atoms with Crippen molar-refractivity contribution in [2.24, 2.45) is 0 Å². The Morgan fingerprint density at radius 2 is 2.08 bits per heavy atom. The number of hydrogen-bond donors (Lipinski definition) is 2. The predicted molar refractivity (Wildman–Crippen MR) is 103 cm³/mol. The Morgan fingerprint density at radius 1 is 1.28 bits per heavy atom. The molecule has 2 aromatic rings. The molecule has 1 saturated heterocycles. The van der Waals surface area contributed by atoms with Crippen molar-refractivity contribution in [1.29, 1.82) is 0 Å². The smallest absolute Gasteiger partial charge is 0.171 e. The number of ketones is 1. The van der Waals surface area contributed by atoms with Crippen molar-refractivity contribution < 1.29 is 4.79 Å². The molecule has 0 amide bonds. The monoisotopic (exact) mass is 355 g/mol. The molecule has 0 aliphatic carbocycles. The van der Waals surface area contributed by atoms with Gasteiger partial charge in [0.2, 0.25) is 0 Å². The second-order valence-corrected chi connectivity index (χ2v) is 6.47. The lowest BCUT2D eigenvalue weighted by Gasteiger charge is -2.33. The van der Waals surface area contributed by atoms with Gasteiger partial charge >= 0.3 is 0 Å². The number of carbonyl (C=O) groups excluding carboxylic acids is 1. The summed E-state index contributed by atoms with van der Waals surface area (Å²) in [6.07, 6.45) is 7.09. The van der Waals surface area contributed by atoms with Crippen molar-refractivity contribution in [2.75, 3.05) is 23.3 Å². The third-order valence-electron chi connectivity index (χ3n) is 4.23. The number of piperidine rings is 1. The number of thiocarbonyl (C=S) groups is 1. The lowest BCUT2D eigenvalue weighted by Crippen LogP contribution is -2.46. The minimum Gasteiger partial charge on any atom is -0.360 e. The maximum absolute atomic E-state index is 11.5. The molecule has 1 fully saturated rings. The molecule has 0 atom stereocenters. The highest BCUT2D eigenvalue weighted by atomic mass is 32.1. The van der Waals surface area contributed by atoms with E-state index in [0.717, 1.165) is 37.4 Å². The largest absolute Gasteiger partial charge is 0.360 e. The van der Waals surface area contributed by atoms with Crippen molar-refractivity contribution in [1.82, 2.24) is 15.3 Å². The summed E-state index contributed by atoms with van der Waals surface area (Å²) in [5.74, 6) is 0.925. The standard InChI is InChI=1S/C18H21N5OS/c1-13(24)14-4-8-20-17(11-14)23-9-5-15(6-10-23)21-18(25)22-16-3-2-7-19-12-16/h2-4,7-8,11-12,15H,5-6,9-10H2,1H3,(H2,21,22,25). The fourth-order valence-electron chi connectivity index (χ4n) is 2.85. The normalized spacial score (nSPS) is 14.8. The molecule has 25 heavy (non-hydrogen) atoms. The highest BCUT2D eigenvalue weighted by Gasteiger charge is 2.21. The zero-order valence-electron chi connectivity index (χ0n) is 14.1. The Bertz CT molecular complexity index is 744. The molecule has 0 unspecified atom stereocenters. The van der Waals surface area contributed by atoms with Gasteiger partial charge in [0.25, 0.3) is 0 Å². The molecule has 0 radical (unpaired) electrons. The summed E-state index contributed by atoms with van der Waals surface area (Å²) < 4.78 is 0. The van der Waals surface area contributed by atoms with E-state index in [-0.39, 0.29) is 5.78 Å². The summed E-state index contributed by atoms with van der Waals surface area (Å²) in [6, 6.07) is 7.74. The SMILES string of the molecule is CC(=O)c1ccnc(N2CCC(NC(=S)Nc3cccnc3)CC2)c1. The van der Waals surface area contributed by atoms with Crippen LogP contribution in [0.4, 0.5) is 11.5 Å². The highest BCUT2D eigenvalue weighted by Crippen LogP contribution is 2.19. The van der Waals surface area contributed by atoms with Crippen LogP contribution in [0.15, 0.2) is 42.9 Å². The third kappa shape index (κ3) is 4.73. The quantitative estimate of drug-likeness (QED) is 0.645. The average molecular weight is 355 g/mol. The van der Waals surface area contributed by atoms with Gasteiger partial charge in [-0.05, 0) is 56.2 Å². The van der Waals surface area contributed by atoms with Gasteiger partial charge in [0, 0.05) is 37.1 Å². The number of pyridine rings is 2. The molecule has 130 valence electrons. The molecule has 2 N–H and O–H groups in total. The number of Topliss-reactive ketones (excluding diaryl/α,β-unsaturated/α-hetero) is 1. The molecule has 0 bridgehead atoms. The lowest BCUT2D eigenvalue weighted by molar-refractivity contribution is 0.101. The second-order valence-electron chi connectivity index (χ2n) is 6.06. The fourth-order valence-corrected chi connectivity index (χ4v) is 3.14. The molecule has 3 rings (SSSR count). The molecular weight excluding hydrogens is 334 g/mol. The van der Waals surface area contributed by atoms with Gasteiger partial charge in [-0.15, -0.1) is 0 Å². The zero-order chi connectivity index (χ0) is 17.6. The van der Waals surface area contributed by atoms with Crippen LogP contribution < -0.4 is 15.5 Å². The van der Waals surface area contributed by atoms with Crippen molar-refractivity contribution in [3.05, 3.63) is 48.4 Å². The zero-order valence-corrected chi connectivity index (χ0v) is 14.9. The van der Waals surface area contributed by atoms with Crippen molar-refractivity contribution >= 4 is 34.6 Å². The van der Waals surface area contributed by atoms with Crippen LogP contribution in [0, 0.1) is 0 Å². The Morgan fingerprint density at radius 3 is 2.76 bits per heavy atom. The van der Waals surface area contributed by atoms with E-state index in [1.807, 2.05) is 18.2 Å². The van der Waals surface area contributed by atoms with Crippen molar-refractivity contribution in [2.45, 2.75) is 25.8 Å². The number of hydrogen-bond acceptors (Lipinski definition) is 5. The summed E-state index contributed by atoms with van der Waals surface area (Å²) in [6.45, 7) is 3.33. The first-order valence-electron chi connectivity index (χ1n) is 8.31. The molecule has 1 aliphatic heterocycles. The first-order chi connectivity index (χ1) is 12.1. The minimum atomic E-state index is 0.0621. The molecule has 6 nitrogen and oxygen atoms in total. The summed E-state index contributed by atoms with van der Waals surface area (Å²) in [7, 11) is 0. The minimum absolute atomic E-state index is 0.0621. The van der Waals surface area contributed by atoms with E-state index in [0.29, 0.717) is 16.7 Å². The Labute approximate surface area is 152 Å². The summed E-state index contributed by atoms with van der Waals surface area (Å²) in [5.41, 5.74) is 1.58. The van der Waals surface area contributed by atoms with Crippen LogP contribution in [0.5, 0.6) is 0 Å². The predicted octanol–water partition coefficient (Wildman–Crippen LogP) is 2.63. The van der Waals surface area contributed by atoms with E-state index in [1.54, 1.807) is 31.6 Å². The molecule has 3 heterocycles. The first kappa shape index (κ1) is 17.3. The molecule has 0 saturated carbocycles. The highest BCUT2D eigenvalue weighted by molar-refractivity contribution is 7.80. The lowest BCUT2D eigenvalue weighted by atomic mass is 10.0. The average Bonchev–Trinajstić information content (AvgIpc) is 2.63. The van der Waals surface area contributed by atoms with Gasteiger partial charge in [-0.2, -0.15) is 0 Å². The fraction of sp³-hybridized carbons (Fsp3) is 0.333. The van der Waals surface area contributed by atoms with E-state index < -0.39 is 0 Å². The van der Waals surface area contributed by atoms with E-state index >= 15 is 0 Å². The van der Waals surface area contributed by atoms with E-state index in [9.17, 15) is 4.79 Å². The number of carbonyl (C=O) groups is 1. The van der Waals surface area contributed by atoms with Gasteiger partial charge in [0.15, 0.2) is 10.9 Å². The van der Waals surface area contributed by atoms with Crippen LogP contribution in [0.25, 0.3) is 0 Å². The Kier molecular flexibility index (Phi) is 5.55. The Balaban J connectivity index is 1.51. The van der Waals surface area contributed by atoms with Gasteiger partial charge in [0.1, 0.15) is 5.82 Å². The van der Waals surface area contributed by atoms with Crippen LogP contribution in [0.3, 0.4) is 0 Å². The molecule has 1 aliphatic rings. The molecule has 0 spiro atoms. The van der Waals surface area contributed by atoms with Crippen LogP contribution >= 0.6 is 12.2 Å². The van der Waals surface area contributed by atoms with Gasteiger partial charge in [-0.1, -0.05) is 0 Å². The van der Waals surface area contributed by atoms with Crippen LogP contribution in [-0.4, -0.2) is 40.0 Å². The summed E-state index contributed by atoms with van der Waals surface area (Å²) in [5, 5.41) is 7.12. The number of rotatable bonds is 4. The first-order valence-corrected chi connectivity index (χ1v) is 8.72. The Hall–Kier alpha value is -2.54. The van der Waals surface area contributed by atoms with Crippen molar-refractivity contribution in [3.63, 3.8) is 0 Å². The van der Waals surface area contributed by atoms with E-state index in [4.69, 9.17) is 12.2 Å². The van der Waals surface area contributed by atoms with Crippen LogP contribution in [-0.2, 0) is 0 Å². The maximum Gasteiger partial charge on any atom is 0.171 e. The van der Waals surface area contributed by atoms with Gasteiger partial charge in [0.05, 0.1) is 11.9 Å². The summed E-state index contributed by atoms with van der Waals surface area (Å²) in [4.78, 5) is 22.2. The second kappa shape index (κ2) is 8.02. The van der Waals surface area contributed by atoms with E-state index in [2.05, 4.69) is 25.5 Å².